The SMILES string of the molecule is Cn1c(/C=C/C(=O)/C=C/c2ccccn2)nc2ccccc21. The number of aryl methyl sites for hydroxylation is 1. The van der Waals surface area contributed by atoms with Crippen molar-refractivity contribution in [2.24, 2.45) is 7.05 Å². The highest BCUT2D eigenvalue weighted by Crippen LogP contribution is 2.15. The molecule has 0 aliphatic heterocycles. The average molecular weight is 289 g/mol. The zero-order valence-corrected chi connectivity index (χ0v) is 12.2. The molecule has 0 saturated carbocycles. The molecule has 0 atom stereocenters. The Morgan fingerprint density at radius 1 is 1.05 bits per heavy atom. The van der Waals surface area contributed by atoms with E-state index in [1.165, 1.54) is 12.2 Å². The standard InChI is InChI=1S/C18H15N3O/c1-21-17-8-3-2-7-16(17)20-18(21)12-11-15(22)10-9-14-6-4-5-13-19-14/h2-13H,1H3/b10-9+,12-11+. The molecule has 4 nitrogen and oxygen atoms in total. The Balaban J connectivity index is 1.76. The van der Waals surface area contributed by atoms with Gasteiger partial charge < -0.3 is 4.57 Å². The first kappa shape index (κ1) is 13.9. The number of carbonyl (C=O) groups excluding carboxylic acids is 1. The second-order valence-electron chi connectivity index (χ2n) is 4.84. The van der Waals surface area contributed by atoms with Gasteiger partial charge in [-0.05, 0) is 48.6 Å². The maximum absolute atomic E-state index is 11.9. The Kier molecular flexibility index (Phi) is 3.92. The van der Waals surface area contributed by atoms with Crippen molar-refractivity contribution >= 4 is 29.0 Å². The molecule has 3 aromatic rings. The van der Waals surface area contributed by atoms with Crippen LogP contribution in [-0.4, -0.2) is 20.3 Å². The molecule has 3 rings (SSSR count). The van der Waals surface area contributed by atoms with Crippen molar-refractivity contribution in [2.45, 2.75) is 0 Å². The largest absolute Gasteiger partial charge is 0.328 e. The van der Waals surface area contributed by atoms with Crippen LogP contribution in [0.5, 0.6) is 0 Å². The predicted octanol–water partition coefficient (Wildman–Crippen LogP) is 3.26. The van der Waals surface area contributed by atoms with E-state index in [-0.39, 0.29) is 5.78 Å². The molecule has 0 radical (unpaired) electrons. The van der Waals surface area contributed by atoms with Crippen molar-refractivity contribution in [2.75, 3.05) is 0 Å². The Hall–Kier alpha value is -3.01. The second-order valence-corrected chi connectivity index (χ2v) is 4.84. The van der Waals surface area contributed by atoms with E-state index in [4.69, 9.17) is 0 Å². The summed E-state index contributed by atoms with van der Waals surface area (Å²) in [5.74, 6) is 0.651. The Labute approximate surface area is 128 Å². The highest BCUT2D eigenvalue weighted by molar-refractivity contribution is 6.04. The highest BCUT2D eigenvalue weighted by Gasteiger charge is 2.03. The first-order valence-corrected chi connectivity index (χ1v) is 6.96. The number of aromatic nitrogens is 3. The minimum Gasteiger partial charge on any atom is -0.328 e. The molecule has 1 aromatic carbocycles. The maximum Gasteiger partial charge on any atom is 0.178 e. The van der Waals surface area contributed by atoms with Gasteiger partial charge >= 0.3 is 0 Å². The molecular weight excluding hydrogens is 274 g/mol. The van der Waals surface area contributed by atoms with Crippen molar-refractivity contribution in [3.63, 3.8) is 0 Å². The molecule has 108 valence electrons. The molecule has 0 bridgehead atoms. The van der Waals surface area contributed by atoms with Gasteiger partial charge in [0, 0.05) is 13.2 Å². The summed E-state index contributed by atoms with van der Waals surface area (Å²) in [6.45, 7) is 0. The molecule has 0 aliphatic rings. The fourth-order valence-corrected chi connectivity index (χ4v) is 2.17. The van der Waals surface area contributed by atoms with Crippen molar-refractivity contribution < 1.29 is 4.79 Å². The van der Waals surface area contributed by atoms with Crippen molar-refractivity contribution in [1.29, 1.82) is 0 Å². The van der Waals surface area contributed by atoms with Crippen LogP contribution in [0.25, 0.3) is 23.2 Å². The summed E-state index contributed by atoms with van der Waals surface area (Å²) in [7, 11) is 1.93. The Bertz CT molecular complexity index is 860. The third kappa shape index (κ3) is 3.01. The van der Waals surface area contributed by atoms with Crippen LogP contribution in [0.4, 0.5) is 0 Å². The first-order valence-electron chi connectivity index (χ1n) is 6.96. The third-order valence-electron chi connectivity index (χ3n) is 3.32. The van der Waals surface area contributed by atoms with Crippen LogP contribution in [0.15, 0.2) is 60.8 Å². The number of allylic oxidation sites excluding steroid dienone is 2. The number of pyridine rings is 1. The van der Waals surface area contributed by atoms with E-state index in [2.05, 4.69) is 9.97 Å². The molecule has 0 spiro atoms. The summed E-state index contributed by atoms with van der Waals surface area (Å²) in [6, 6.07) is 13.4. The van der Waals surface area contributed by atoms with Crippen LogP contribution in [0.3, 0.4) is 0 Å². The molecule has 0 unspecified atom stereocenters. The number of ketones is 1. The summed E-state index contributed by atoms with van der Waals surface area (Å²) >= 11 is 0. The molecular formula is C18H15N3O. The van der Waals surface area contributed by atoms with Gasteiger partial charge in [-0.1, -0.05) is 18.2 Å². The molecule has 0 N–H and O–H groups in total. The molecule has 4 heteroatoms. The van der Waals surface area contributed by atoms with Crippen LogP contribution < -0.4 is 0 Å². The van der Waals surface area contributed by atoms with Gasteiger partial charge in [0.1, 0.15) is 5.82 Å². The summed E-state index contributed by atoms with van der Waals surface area (Å²) in [6.07, 6.45) is 8.13. The summed E-state index contributed by atoms with van der Waals surface area (Å²) in [5, 5.41) is 0. The van der Waals surface area contributed by atoms with Gasteiger partial charge in [-0.3, -0.25) is 9.78 Å². The number of hydrogen-bond acceptors (Lipinski definition) is 3. The van der Waals surface area contributed by atoms with Gasteiger partial charge in [0.25, 0.3) is 0 Å². The van der Waals surface area contributed by atoms with Gasteiger partial charge in [-0.15, -0.1) is 0 Å². The highest BCUT2D eigenvalue weighted by atomic mass is 16.1. The van der Waals surface area contributed by atoms with E-state index >= 15 is 0 Å². The van der Waals surface area contributed by atoms with Crippen molar-refractivity contribution in [3.8, 4) is 0 Å². The zero-order chi connectivity index (χ0) is 15.4. The quantitative estimate of drug-likeness (QED) is 0.693. The number of hydrogen-bond donors (Lipinski definition) is 0. The van der Waals surface area contributed by atoms with Gasteiger partial charge in [0.05, 0.1) is 16.7 Å². The van der Waals surface area contributed by atoms with Crippen LogP contribution in [-0.2, 0) is 11.8 Å². The normalized spacial score (nSPS) is 11.7. The second kappa shape index (κ2) is 6.18. The lowest BCUT2D eigenvalue weighted by molar-refractivity contribution is -0.110. The molecule has 0 aliphatic carbocycles. The lowest BCUT2D eigenvalue weighted by Crippen LogP contribution is -1.92. The number of imidazole rings is 1. The van der Waals surface area contributed by atoms with E-state index in [0.717, 1.165) is 22.6 Å². The van der Waals surface area contributed by atoms with E-state index in [1.54, 1.807) is 18.3 Å². The maximum atomic E-state index is 11.9. The number of rotatable bonds is 4. The lowest BCUT2D eigenvalue weighted by Gasteiger charge is -1.95. The Morgan fingerprint density at radius 3 is 2.59 bits per heavy atom. The fraction of sp³-hybridized carbons (Fsp3) is 0.0556. The zero-order valence-electron chi connectivity index (χ0n) is 12.2. The third-order valence-corrected chi connectivity index (χ3v) is 3.32. The number of para-hydroxylation sites is 2. The molecule has 2 aromatic heterocycles. The summed E-state index contributed by atoms with van der Waals surface area (Å²) in [5.41, 5.74) is 2.71. The molecule has 0 amide bonds. The molecule has 2 heterocycles. The van der Waals surface area contributed by atoms with Crippen LogP contribution in [0.1, 0.15) is 11.5 Å². The minimum atomic E-state index is -0.0993. The number of carbonyl (C=O) groups is 1. The predicted molar refractivity (Wildman–Crippen MR) is 88.0 cm³/mol. The topological polar surface area (TPSA) is 47.8 Å². The number of nitrogens with zero attached hydrogens (tertiary/aromatic N) is 3. The van der Waals surface area contributed by atoms with E-state index < -0.39 is 0 Å². The van der Waals surface area contributed by atoms with E-state index in [1.807, 2.05) is 54.1 Å². The van der Waals surface area contributed by atoms with Gasteiger partial charge in [-0.25, -0.2) is 4.98 Å². The van der Waals surface area contributed by atoms with Crippen LogP contribution in [0.2, 0.25) is 0 Å². The Morgan fingerprint density at radius 2 is 1.82 bits per heavy atom. The summed E-state index contributed by atoms with van der Waals surface area (Å²) in [4.78, 5) is 20.5. The smallest absolute Gasteiger partial charge is 0.178 e. The first-order chi connectivity index (χ1) is 10.7. The lowest BCUT2D eigenvalue weighted by atomic mass is 10.2. The van der Waals surface area contributed by atoms with Gasteiger partial charge in [-0.2, -0.15) is 0 Å². The van der Waals surface area contributed by atoms with Gasteiger partial charge in [0.2, 0.25) is 0 Å². The van der Waals surface area contributed by atoms with Gasteiger partial charge in [0.15, 0.2) is 5.78 Å². The molecule has 22 heavy (non-hydrogen) atoms. The fourth-order valence-electron chi connectivity index (χ4n) is 2.17. The van der Waals surface area contributed by atoms with Crippen molar-refractivity contribution in [1.82, 2.24) is 14.5 Å². The van der Waals surface area contributed by atoms with Crippen LogP contribution >= 0.6 is 0 Å². The molecule has 0 fully saturated rings. The average Bonchev–Trinajstić information content (AvgIpc) is 2.88. The van der Waals surface area contributed by atoms with E-state index in [9.17, 15) is 4.79 Å². The molecule has 0 saturated heterocycles. The van der Waals surface area contributed by atoms with E-state index in [0.29, 0.717) is 0 Å². The minimum absolute atomic E-state index is 0.0993. The summed E-state index contributed by atoms with van der Waals surface area (Å²) < 4.78 is 1.96. The van der Waals surface area contributed by atoms with Crippen molar-refractivity contribution in [3.05, 3.63) is 72.3 Å². The monoisotopic (exact) mass is 289 g/mol. The van der Waals surface area contributed by atoms with Crippen LogP contribution in [0, 0.1) is 0 Å². The number of benzene rings is 1. The number of fused-ring (bicyclic) bond motifs is 1.